The van der Waals surface area contributed by atoms with Crippen LogP contribution in [0.3, 0.4) is 0 Å². The maximum atomic E-state index is 12.7. The van der Waals surface area contributed by atoms with Crippen molar-refractivity contribution in [2.45, 2.75) is 25.8 Å². The Labute approximate surface area is 161 Å². The second kappa shape index (κ2) is 9.58. The molecule has 0 saturated heterocycles. The molecule has 0 spiro atoms. The Balaban J connectivity index is 1.59. The van der Waals surface area contributed by atoms with Gasteiger partial charge < -0.3 is 10.1 Å². The van der Waals surface area contributed by atoms with Gasteiger partial charge >= 0.3 is 0 Å². The molecule has 0 aliphatic heterocycles. The van der Waals surface area contributed by atoms with Crippen molar-refractivity contribution in [2.75, 3.05) is 6.61 Å². The fourth-order valence-corrected chi connectivity index (χ4v) is 3.01. The lowest BCUT2D eigenvalue weighted by Gasteiger charge is -2.17. The maximum Gasteiger partial charge on any atom is 0.251 e. The average molecular weight is 359 g/mol. The summed E-state index contributed by atoms with van der Waals surface area (Å²) in [7, 11) is 0. The van der Waals surface area contributed by atoms with E-state index in [0.29, 0.717) is 17.9 Å². The Bertz CT molecular complexity index is 847. The van der Waals surface area contributed by atoms with Gasteiger partial charge in [0.25, 0.3) is 5.91 Å². The lowest BCUT2D eigenvalue weighted by molar-refractivity contribution is 0.0935. The predicted octanol–water partition coefficient (Wildman–Crippen LogP) is 5.19. The van der Waals surface area contributed by atoms with Crippen molar-refractivity contribution in [3.05, 3.63) is 102 Å². The number of amides is 1. The van der Waals surface area contributed by atoms with Crippen LogP contribution in [0.1, 0.15) is 40.9 Å². The molecule has 0 saturated carbocycles. The van der Waals surface area contributed by atoms with E-state index in [9.17, 15) is 4.79 Å². The third-order valence-electron chi connectivity index (χ3n) is 4.51. The highest BCUT2D eigenvalue weighted by molar-refractivity contribution is 5.94. The Morgan fingerprint density at radius 3 is 2.33 bits per heavy atom. The second-order valence-corrected chi connectivity index (χ2v) is 6.46. The Hall–Kier alpha value is -3.07. The van der Waals surface area contributed by atoms with E-state index in [1.54, 1.807) is 6.07 Å². The van der Waals surface area contributed by atoms with Gasteiger partial charge in [0.15, 0.2) is 0 Å². The number of hydrogen-bond donors (Lipinski definition) is 1. The molecule has 1 N–H and O–H groups in total. The highest BCUT2D eigenvalue weighted by atomic mass is 16.5. The van der Waals surface area contributed by atoms with Crippen molar-refractivity contribution in [3.63, 3.8) is 0 Å². The third-order valence-corrected chi connectivity index (χ3v) is 4.51. The zero-order valence-electron chi connectivity index (χ0n) is 15.6. The van der Waals surface area contributed by atoms with Crippen LogP contribution in [-0.4, -0.2) is 12.5 Å². The molecule has 0 aliphatic carbocycles. The molecule has 0 radical (unpaired) electrons. The standard InChI is InChI=1S/C24H25NO2/c1-2-23(20-12-7-4-8-13-20)25-24(26)21-14-9-15-22(18-21)27-17-16-19-10-5-3-6-11-19/h3-15,18,23H,2,16-17H2,1H3,(H,25,26). The SMILES string of the molecule is CCC(NC(=O)c1cccc(OCCc2ccccc2)c1)c1ccccc1. The van der Waals surface area contributed by atoms with E-state index in [2.05, 4.69) is 24.4 Å². The molecular formula is C24H25NO2. The molecule has 1 amide bonds. The van der Waals surface area contributed by atoms with E-state index < -0.39 is 0 Å². The van der Waals surface area contributed by atoms with Gasteiger partial charge in [-0.1, -0.05) is 73.7 Å². The van der Waals surface area contributed by atoms with E-state index in [1.807, 2.05) is 66.7 Å². The van der Waals surface area contributed by atoms with Crippen LogP contribution in [0.25, 0.3) is 0 Å². The summed E-state index contributed by atoms with van der Waals surface area (Å²) in [5.41, 5.74) is 2.96. The monoisotopic (exact) mass is 359 g/mol. The molecule has 0 fully saturated rings. The highest BCUT2D eigenvalue weighted by Crippen LogP contribution is 2.19. The molecule has 1 unspecified atom stereocenters. The van der Waals surface area contributed by atoms with Gasteiger partial charge in [-0.25, -0.2) is 0 Å². The van der Waals surface area contributed by atoms with Crippen molar-refractivity contribution < 1.29 is 9.53 Å². The minimum atomic E-state index is -0.0841. The van der Waals surface area contributed by atoms with Gasteiger partial charge in [-0.2, -0.15) is 0 Å². The predicted molar refractivity (Wildman–Crippen MR) is 109 cm³/mol. The van der Waals surface area contributed by atoms with E-state index in [-0.39, 0.29) is 11.9 Å². The molecule has 0 bridgehead atoms. The number of hydrogen-bond acceptors (Lipinski definition) is 2. The molecule has 3 rings (SSSR count). The fraction of sp³-hybridized carbons (Fsp3) is 0.208. The zero-order valence-corrected chi connectivity index (χ0v) is 15.6. The van der Waals surface area contributed by atoms with Crippen LogP contribution < -0.4 is 10.1 Å². The molecule has 0 heterocycles. The van der Waals surface area contributed by atoms with Gasteiger partial charge in [-0.15, -0.1) is 0 Å². The molecule has 27 heavy (non-hydrogen) atoms. The van der Waals surface area contributed by atoms with Gasteiger partial charge in [0, 0.05) is 12.0 Å². The van der Waals surface area contributed by atoms with Crippen LogP contribution in [-0.2, 0) is 6.42 Å². The van der Waals surface area contributed by atoms with Gasteiger partial charge in [-0.3, -0.25) is 4.79 Å². The molecule has 3 nitrogen and oxygen atoms in total. The normalized spacial score (nSPS) is 11.6. The maximum absolute atomic E-state index is 12.7. The van der Waals surface area contributed by atoms with Crippen molar-refractivity contribution in [3.8, 4) is 5.75 Å². The summed E-state index contributed by atoms with van der Waals surface area (Å²) in [6.07, 6.45) is 1.67. The molecule has 1 atom stereocenters. The highest BCUT2D eigenvalue weighted by Gasteiger charge is 2.14. The molecule has 0 aromatic heterocycles. The first-order valence-electron chi connectivity index (χ1n) is 9.39. The summed E-state index contributed by atoms with van der Waals surface area (Å²) in [4.78, 5) is 12.7. The van der Waals surface area contributed by atoms with Crippen LogP contribution in [0.2, 0.25) is 0 Å². The topological polar surface area (TPSA) is 38.3 Å². The minimum Gasteiger partial charge on any atom is -0.493 e. The smallest absolute Gasteiger partial charge is 0.251 e. The van der Waals surface area contributed by atoms with Crippen LogP contribution in [0.5, 0.6) is 5.75 Å². The summed E-state index contributed by atoms with van der Waals surface area (Å²) in [6, 6.07) is 27.6. The zero-order chi connectivity index (χ0) is 18.9. The van der Waals surface area contributed by atoms with Crippen LogP contribution in [0, 0.1) is 0 Å². The van der Waals surface area contributed by atoms with E-state index in [0.717, 1.165) is 18.4 Å². The first-order chi connectivity index (χ1) is 13.3. The minimum absolute atomic E-state index is 0.00125. The van der Waals surface area contributed by atoms with Crippen molar-refractivity contribution in [2.24, 2.45) is 0 Å². The number of ether oxygens (including phenoxy) is 1. The quantitative estimate of drug-likeness (QED) is 0.601. The molecule has 3 heteroatoms. The summed E-state index contributed by atoms with van der Waals surface area (Å²) >= 11 is 0. The third kappa shape index (κ3) is 5.45. The second-order valence-electron chi connectivity index (χ2n) is 6.46. The lowest BCUT2D eigenvalue weighted by Crippen LogP contribution is -2.28. The van der Waals surface area contributed by atoms with Gasteiger partial charge in [0.05, 0.1) is 12.6 Å². The number of carbonyl (C=O) groups excluding carboxylic acids is 1. The Kier molecular flexibility index (Phi) is 6.64. The molecular weight excluding hydrogens is 334 g/mol. The summed E-state index contributed by atoms with van der Waals surface area (Å²) < 4.78 is 5.84. The summed E-state index contributed by atoms with van der Waals surface area (Å²) in [6.45, 7) is 2.65. The van der Waals surface area contributed by atoms with Gasteiger partial charge in [-0.05, 0) is 35.7 Å². The van der Waals surface area contributed by atoms with E-state index >= 15 is 0 Å². The van der Waals surface area contributed by atoms with Gasteiger partial charge in [0.2, 0.25) is 0 Å². The van der Waals surface area contributed by atoms with Gasteiger partial charge in [0.1, 0.15) is 5.75 Å². The van der Waals surface area contributed by atoms with Crippen molar-refractivity contribution in [1.29, 1.82) is 0 Å². The largest absolute Gasteiger partial charge is 0.493 e. The first-order valence-corrected chi connectivity index (χ1v) is 9.39. The number of carbonyl (C=O) groups is 1. The van der Waals surface area contributed by atoms with Crippen molar-refractivity contribution in [1.82, 2.24) is 5.32 Å². The Morgan fingerprint density at radius 1 is 0.926 bits per heavy atom. The fourth-order valence-electron chi connectivity index (χ4n) is 3.01. The van der Waals surface area contributed by atoms with Crippen LogP contribution in [0.15, 0.2) is 84.9 Å². The number of nitrogens with one attached hydrogen (secondary N) is 1. The van der Waals surface area contributed by atoms with Crippen molar-refractivity contribution >= 4 is 5.91 Å². The number of rotatable bonds is 8. The van der Waals surface area contributed by atoms with E-state index in [4.69, 9.17) is 4.74 Å². The molecule has 138 valence electrons. The molecule has 3 aromatic rings. The summed E-state index contributed by atoms with van der Waals surface area (Å²) in [5.74, 6) is 0.630. The summed E-state index contributed by atoms with van der Waals surface area (Å²) in [5, 5.41) is 3.11. The van der Waals surface area contributed by atoms with Crippen LogP contribution >= 0.6 is 0 Å². The lowest BCUT2D eigenvalue weighted by atomic mass is 10.0. The van der Waals surface area contributed by atoms with Crippen LogP contribution in [0.4, 0.5) is 0 Å². The first kappa shape index (κ1) is 18.7. The molecule has 0 aliphatic rings. The van der Waals surface area contributed by atoms with E-state index in [1.165, 1.54) is 5.56 Å². The Morgan fingerprint density at radius 2 is 1.63 bits per heavy atom. The average Bonchev–Trinajstić information content (AvgIpc) is 2.73. The number of benzene rings is 3. The molecule has 3 aromatic carbocycles.